The van der Waals surface area contributed by atoms with Crippen LogP contribution in [0.2, 0.25) is 0 Å². The van der Waals surface area contributed by atoms with E-state index in [1.165, 1.54) is 81.8 Å². The fraction of sp³-hybridized carbons (Fsp3) is 0.652. The van der Waals surface area contributed by atoms with Crippen molar-refractivity contribution < 1.29 is 4.39 Å². The van der Waals surface area contributed by atoms with Crippen molar-refractivity contribution in [3.8, 4) is 0 Å². The first-order chi connectivity index (χ1) is 11.7. The molecule has 1 aromatic rings. The zero-order valence-corrected chi connectivity index (χ0v) is 15.3. The van der Waals surface area contributed by atoms with E-state index in [2.05, 4.69) is 13.0 Å². The molecular formula is C23H33F. The predicted molar refractivity (Wildman–Crippen MR) is 102 cm³/mol. The zero-order chi connectivity index (χ0) is 16.8. The second-order valence-electron chi connectivity index (χ2n) is 8.07. The Morgan fingerprint density at radius 3 is 2.46 bits per heavy atom. The molecule has 1 aromatic carbocycles. The monoisotopic (exact) mass is 328 g/mol. The number of benzene rings is 1. The highest BCUT2D eigenvalue weighted by atomic mass is 19.1. The van der Waals surface area contributed by atoms with Crippen LogP contribution in [0.5, 0.6) is 0 Å². The van der Waals surface area contributed by atoms with E-state index in [0.29, 0.717) is 0 Å². The van der Waals surface area contributed by atoms with E-state index in [1.54, 1.807) is 12.1 Å². The average molecular weight is 329 g/mol. The van der Waals surface area contributed by atoms with E-state index >= 15 is 0 Å². The van der Waals surface area contributed by atoms with Crippen LogP contribution in [0.4, 0.5) is 4.39 Å². The van der Waals surface area contributed by atoms with Crippen molar-refractivity contribution in [1.29, 1.82) is 0 Å². The highest BCUT2D eigenvalue weighted by Crippen LogP contribution is 2.36. The summed E-state index contributed by atoms with van der Waals surface area (Å²) in [6, 6.07) is 5.25. The SMILES string of the molecule is CCCCCC1CCC(CCC2=Cc3cc(F)ccc3CC2)CC1. The molecule has 1 saturated carbocycles. The Hall–Kier alpha value is -1.11. The maximum absolute atomic E-state index is 13.4. The van der Waals surface area contributed by atoms with Crippen LogP contribution in [0.3, 0.4) is 0 Å². The summed E-state index contributed by atoms with van der Waals surface area (Å²) >= 11 is 0. The Morgan fingerprint density at radius 2 is 1.71 bits per heavy atom. The first-order valence-corrected chi connectivity index (χ1v) is 10.2. The van der Waals surface area contributed by atoms with Crippen molar-refractivity contribution in [1.82, 2.24) is 0 Å². The molecule has 132 valence electrons. The molecular weight excluding hydrogens is 295 g/mol. The second kappa shape index (κ2) is 8.83. The third kappa shape index (κ3) is 4.94. The molecule has 0 amide bonds. The van der Waals surface area contributed by atoms with Gasteiger partial charge in [-0.15, -0.1) is 0 Å². The van der Waals surface area contributed by atoms with Crippen LogP contribution < -0.4 is 0 Å². The van der Waals surface area contributed by atoms with E-state index in [9.17, 15) is 4.39 Å². The normalized spacial score (nSPS) is 23.7. The molecule has 24 heavy (non-hydrogen) atoms. The minimum atomic E-state index is -0.104. The number of hydrogen-bond acceptors (Lipinski definition) is 0. The number of halogens is 1. The Kier molecular flexibility index (Phi) is 6.51. The molecule has 2 aliphatic rings. The first-order valence-electron chi connectivity index (χ1n) is 10.2. The molecule has 0 heterocycles. The van der Waals surface area contributed by atoms with Gasteiger partial charge in [-0.25, -0.2) is 4.39 Å². The van der Waals surface area contributed by atoms with E-state index in [1.807, 2.05) is 6.07 Å². The molecule has 0 radical (unpaired) electrons. The fourth-order valence-electron chi connectivity index (χ4n) is 4.59. The van der Waals surface area contributed by atoms with E-state index in [0.717, 1.165) is 23.8 Å². The van der Waals surface area contributed by atoms with Crippen molar-refractivity contribution in [2.75, 3.05) is 0 Å². The van der Waals surface area contributed by atoms with E-state index < -0.39 is 0 Å². The molecule has 1 heteroatoms. The summed E-state index contributed by atoms with van der Waals surface area (Å²) in [5.41, 5.74) is 3.97. The van der Waals surface area contributed by atoms with Crippen LogP contribution in [0.25, 0.3) is 6.08 Å². The molecule has 0 aromatic heterocycles. The maximum atomic E-state index is 13.4. The minimum absolute atomic E-state index is 0.104. The number of hydrogen-bond donors (Lipinski definition) is 0. The van der Waals surface area contributed by atoms with E-state index in [4.69, 9.17) is 0 Å². The van der Waals surface area contributed by atoms with Crippen LogP contribution in [-0.4, -0.2) is 0 Å². The molecule has 1 fully saturated rings. The van der Waals surface area contributed by atoms with Crippen molar-refractivity contribution >= 4 is 6.08 Å². The highest BCUT2D eigenvalue weighted by Gasteiger charge is 2.21. The van der Waals surface area contributed by atoms with Gasteiger partial charge >= 0.3 is 0 Å². The third-order valence-electron chi connectivity index (χ3n) is 6.24. The molecule has 0 nitrogen and oxygen atoms in total. The zero-order valence-electron chi connectivity index (χ0n) is 15.3. The molecule has 0 saturated heterocycles. The summed E-state index contributed by atoms with van der Waals surface area (Å²) in [6.07, 6.45) is 18.6. The average Bonchev–Trinajstić information content (AvgIpc) is 2.61. The first kappa shape index (κ1) is 17.7. The quantitative estimate of drug-likeness (QED) is 0.460. The van der Waals surface area contributed by atoms with Gasteiger partial charge in [-0.2, -0.15) is 0 Å². The molecule has 0 aliphatic heterocycles. The highest BCUT2D eigenvalue weighted by molar-refractivity contribution is 5.59. The van der Waals surface area contributed by atoms with Gasteiger partial charge in [-0.05, 0) is 60.8 Å². The van der Waals surface area contributed by atoms with Crippen LogP contribution in [-0.2, 0) is 6.42 Å². The summed E-state index contributed by atoms with van der Waals surface area (Å²) in [5, 5.41) is 0. The molecule has 0 N–H and O–H groups in total. The maximum Gasteiger partial charge on any atom is 0.123 e. The number of rotatable bonds is 7. The predicted octanol–water partition coefficient (Wildman–Crippen LogP) is 7.32. The topological polar surface area (TPSA) is 0 Å². The lowest BCUT2D eigenvalue weighted by Crippen LogP contribution is -2.15. The van der Waals surface area contributed by atoms with Crippen molar-refractivity contribution in [3.05, 3.63) is 40.7 Å². The molecule has 0 spiro atoms. The Labute approximate surface area is 147 Å². The van der Waals surface area contributed by atoms with Crippen LogP contribution in [0, 0.1) is 17.7 Å². The van der Waals surface area contributed by atoms with Crippen molar-refractivity contribution in [3.63, 3.8) is 0 Å². The molecule has 2 aliphatic carbocycles. The minimum Gasteiger partial charge on any atom is -0.207 e. The molecule has 0 atom stereocenters. The lowest BCUT2D eigenvalue weighted by Gasteiger charge is -2.29. The molecule has 3 rings (SSSR count). The van der Waals surface area contributed by atoms with E-state index in [-0.39, 0.29) is 5.82 Å². The van der Waals surface area contributed by atoms with Gasteiger partial charge in [0.1, 0.15) is 5.82 Å². The van der Waals surface area contributed by atoms with Crippen molar-refractivity contribution in [2.45, 2.75) is 84.0 Å². The van der Waals surface area contributed by atoms with Gasteiger partial charge in [0.15, 0.2) is 0 Å². The van der Waals surface area contributed by atoms with Gasteiger partial charge < -0.3 is 0 Å². The van der Waals surface area contributed by atoms with Crippen molar-refractivity contribution in [2.24, 2.45) is 11.8 Å². The number of allylic oxidation sites excluding steroid dienone is 1. The summed E-state index contributed by atoms with van der Waals surface area (Å²) in [4.78, 5) is 0. The standard InChI is InChI=1S/C23H33F/c1-2-3-4-5-18-6-8-19(9-7-18)10-11-20-12-13-21-14-15-23(24)17-22(21)16-20/h14-19H,2-13H2,1H3. The summed E-state index contributed by atoms with van der Waals surface area (Å²) < 4.78 is 13.4. The number of aryl methyl sites for hydroxylation is 1. The smallest absolute Gasteiger partial charge is 0.123 e. The van der Waals surface area contributed by atoms with Crippen LogP contribution >= 0.6 is 0 Å². The van der Waals surface area contributed by atoms with Gasteiger partial charge in [0.05, 0.1) is 0 Å². The van der Waals surface area contributed by atoms with Crippen LogP contribution in [0.15, 0.2) is 23.8 Å². The lowest BCUT2D eigenvalue weighted by atomic mass is 9.77. The Morgan fingerprint density at radius 1 is 0.958 bits per heavy atom. The van der Waals surface area contributed by atoms with Gasteiger partial charge in [-0.3, -0.25) is 0 Å². The van der Waals surface area contributed by atoms with Gasteiger partial charge in [0.25, 0.3) is 0 Å². The summed E-state index contributed by atoms with van der Waals surface area (Å²) in [5.74, 6) is 1.84. The third-order valence-corrected chi connectivity index (χ3v) is 6.24. The number of unbranched alkanes of at least 4 members (excludes halogenated alkanes) is 2. The van der Waals surface area contributed by atoms with Gasteiger partial charge in [-0.1, -0.05) is 76.0 Å². The lowest BCUT2D eigenvalue weighted by molar-refractivity contribution is 0.249. The summed E-state index contributed by atoms with van der Waals surface area (Å²) in [7, 11) is 0. The number of fused-ring (bicyclic) bond motifs is 1. The largest absolute Gasteiger partial charge is 0.207 e. The fourth-order valence-corrected chi connectivity index (χ4v) is 4.59. The summed E-state index contributed by atoms with van der Waals surface area (Å²) in [6.45, 7) is 2.30. The van der Waals surface area contributed by atoms with Gasteiger partial charge in [0.2, 0.25) is 0 Å². The van der Waals surface area contributed by atoms with Gasteiger partial charge in [0, 0.05) is 0 Å². The Balaban J connectivity index is 1.42. The molecule has 0 unspecified atom stereocenters. The second-order valence-corrected chi connectivity index (χ2v) is 8.07. The Bertz CT molecular complexity index is 549. The van der Waals surface area contributed by atoms with Crippen LogP contribution in [0.1, 0.15) is 88.7 Å². The molecule has 0 bridgehead atoms.